The molecule has 1 amide bonds. The summed E-state index contributed by atoms with van der Waals surface area (Å²) in [5.41, 5.74) is 0. The van der Waals surface area contributed by atoms with Crippen LogP contribution in [0.4, 0.5) is 0 Å². The molecular formula is C17H26N2O4. The molecule has 2 atom stereocenters. The van der Waals surface area contributed by atoms with Crippen LogP contribution in [-0.2, 0) is 16.1 Å². The minimum Gasteiger partial charge on any atom is -0.468 e. The number of hydrogen-bond donors (Lipinski definition) is 1. The van der Waals surface area contributed by atoms with Crippen molar-refractivity contribution in [3.63, 3.8) is 0 Å². The molecule has 0 aromatic carbocycles. The van der Waals surface area contributed by atoms with Gasteiger partial charge in [-0.2, -0.15) is 0 Å². The topological polar surface area (TPSA) is 66.2 Å². The van der Waals surface area contributed by atoms with Gasteiger partial charge in [0.15, 0.2) is 0 Å². The van der Waals surface area contributed by atoms with Crippen LogP contribution in [-0.4, -0.2) is 65.8 Å². The number of carbonyl (C=O) groups is 1. The highest BCUT2D eigenvalue weighted by molar-refractivity contribution is 5.78. The van der Waals surface area contributed by atoms with E-state index < -0.39 is 6.10 Å². The van der Waals surface area contributed by atoms with E-state index in [-0.39, 0.29) is 12.0 Å². The van der Waals surface area contributed by atoms with E-state index in [2.05, 4.69) is 4.90 Å². The highest BCUT2D eigenvalue weighted by Crippen LogP contribution is 2.16. The summed E-state index contributed by atoms with van der Waals surface area (Å²) in [6.45, 7) is 3.96. The molecule has 1 N–H and O–H groups in total. The van der Waals surface area contributed by atoms with Gasteiger partial charge < -0.3 is 19.2 Å². The molecule has 1 aromatic rings. The van der Waals surface area contributed by atoms with Crippen LogP contribution in [0.1, 0.15) is 31.4 Å². The number of hydrogen-bond acceptors (Lipinski definition) is 5. The number of likely N-dealkylation sites (tertiary alicyclic amines) is 1. The number of rotatable bonds is 8. The van der Waals surface area contributed by atoms with Crippen molar-refractivity contribution < 1.29 is 19.1 Å². The van der Waals surface area contributed by atoms with Crippen LogP contribution in [0.3, 0.4) is 0 Å². The van der Waals surface area contributed by atoms with E-state index in [1.54, 1.807) is 11.2 Å². The summed E-state index contributed by atoms with van der Waals surface area (Å²) in [6, 6.07) is 3.82. The molecule has 0 bridgehead atoms. The third kappa shape index (κ3) is 4.80. The predicted octanol–water partition coefficient (Wildman–Crippen LogP) is 1.24. The van der Waals surface area contributed by atoms with Gasteiger partial charge in [-0.1, -0.05) is 0 Å². The number of ether oxygens (including phenoxy) is 1. The number of nitrogens with zero attached hydrogens (tertiary/aromatic N) is 2. The van der Waals surface area contributed by atoms with Gasteiger partial charge in [0.2, 0.25) is 5.91 Å². The monoisotopic (exact) mass is 322 g/mol. The van der Waals surface area contributed by atoms with Gasteiger partial charge in [-0.3, -0.25) is 9.69 Å². The summed E-state index contributed by atoms with van der Waals surface area (Å²) < 4.78 is 11.1. The quantitative estimate of drug-likeness (QED) is 0.780. The fraction of sp³-hybridized carbons (Fsp3) is 0.706. The van der Waals surface area contributed by atoms with Crippen molar-refractivity contribution in [2.75, 3.05) is 32.8 Å². The normalized spacial score (nSPS) is 23.1. The first kappa shape index (κ1) is 16.5. The molecule has 1 aromatic heterocycles. The maximum Gasteiger partial charge on any atom is 0.222 e. The molecule has 23 heavy (non-hydrogen) atoms. The molecule has 2 unspecified atom stereocenters. The van der Waals surface area contributed by atoms with Crippen LogP contribution >= 0.6 is 0 Å². The van der Waals surface area contributed by atoms with Gasteiger partial charge in [0.1, 0.15) is 5.76 Å². The van der Waals surface area contributed by atoms with E-state index in [1.165, 1.54) is 0 Å². The molecule has 3 heterocycles. The standard InChI is InChI=1S/C17H26N2O4/c20-14(11-19-7-1-6-17(19)21)10-18(12-15-4-2-8-22-15)13-16-5-3-9-23-16/h2,4,8,14,16,20H,1,3,5-7,9-13H2. The second-order valence-electron chi connectivity index (χ2n) is 6.51. The number of aliphatic hydroxyl groups is 1. The first-order valence-electron chi connectivity index (χ1n) is 8.53. The lowest BCUT2D eigenvalue weighted by molar-refractivity contribution is -0.129. The zero-order valence-electron chi connectivity index (χ0n) is 13.5. The lowest BCUT2D eigenvalue weighted by Crippen LogP contribution is -2.42. The molecule has 2 aliphatic heterocycles. The SMILES string of the molecule is O=C1CCCN1CC(O)CN(Cc1ccco1)CC1CCCO1. The summed E-state index contributed by atoms with van der Waals surface area (Å²) in [7, 11) is 0. The summed E-state index contributed by atoms with van der Waals surface area (Å²) in [5, 5.41) is 10.4. The largest absolute Gasteiger partial charge is 0.468 e. The smallest absolute Gasteiger partial charge is 0.222 e. The zero-order valence-corrected chi connectivity index (χ0v) is 13.5. The van der Waals surface area contributed by atoms with Gasteiger partial charge in [-0.05, 0) is 31.4 Å². The van der Waals surface area contributed by atoms with Crippen molar-refractivity contribution >= 4 is 5.91 Å². The molecule has 2 fully saturated rings. The fourth-order valence-corrected chi connectivity index (χ4v) is 3.41. The molecule has 0 radical (unpaired) electrons. The highest BCUT2D eigenvalue weighted by atomic mass is 16.5. The Morgan fingerprint density at radius 2 is 2.35 bits per heavy atom. The van der Waals surface area contributed by atoms with Gasteiger partial charge in [0, 0.05) is 39.2 Å². The number of amides is 1. The van der Waals surface area contributed by atoms with Gasteiger partial charge >= 0.3 is 0 Å². The average Bonchev–Trinajstić information content (AvgIpc) is 3.24. The second kappa shape index (κ2) is 7.95. The maximum atomic E-state index is 11.7. The molecule has 6 nitrogen and oxygen atoms in total. The van der Waals surface area contributed by atoms with Gasteiger partial charge in [-0.25, -0.2) is 0 Å². The van der Waals surface area contributed by atoms with E-state index >= 15 is 0 Å². The minimum atomic E-state index is -0.548. The van der Waals surface area contributed by atoms with E-state index in [0.29, 0.717) is 26.1 Å². The third-order valence-corrected chi connectivity index (χ3v) is 4.52. The van der Waals surface area contributed by atoms with Crippen molar-refractivity contribution in [2.45, 2.75) is 44.4 Å². The van der Waals surface area contributed by atoms with Crippen LogP contribution in [0, 0.1) is 0 Å². The molecule has 3 rings (SSSR count). The van der Waals surface area contributed by atoms with Crippen molar-refractivity contribution in [3.05, 3.63) is 24.2 Å². The van der Waals surface area contributed by atoms with Crippen molar-refractivity contribution in [1.29, 1.82) is 0 Å². The predicted molar refractivity (Wildman–Crippen MR) is 84.8 cm³/mol. The fourth-order valence-electron chi connectivity index (χ4n) is 3.41. The van der Waals surface area contributed by atoms with Crippen LogP contribution in [0.2, 0.25) is 0 Å². The van der Waals surface area contributed by atoms with Crippen LogP contribution in [0.25, 0.3) is 0 Å². The van der Waals surface area contributed by atoms with Crippen molar-refractivity contribution in [3.8, 4) is 0 Å². The number of β-amino-alcohol motifs (C(OH)–C–C–N with tert-alkyl or cyclic N) is 1. The molecule has 2 saturated heterocycles. The Hall–Kier alpha value is -1.37. The average molecular weight is 322 g/mol. The Kier molecular flexibility index (Phi) is 5.70. The molecular weight excluding hydrogens is 296 g/mol. The zero-order chi connectivity index (χ0) is 16.1. The molecule has 0 spiro atoms. The Morgan fingerprint density at radius 1 is 1.43 bits per heavy atom. The number of furan rings is 1. The van der Waals surface area contributed by atoms with Gasteiger partial charge in [0.25, 0.3) is 0 Å². The molecule has 6 heteroatoms. The lowest BCUT2D eigenvalue weighted by atomic mass is 10.2. The molecule has 2 aliphatic rings. The van der Waals surface area contributed by atoms with Crippen LogP contribution in [0.15, 0.2) is 22.8 Å². The number of carbonyl (C=O) groups excluding carboxylic acids is 1. The van der Waals surface area contributed by atoms with E-state index in [4.69, 9.17) is 9.15 Å². The minimum absolute atomic E-state index is 0.153. The maximum absolute atomic E-state index is 11.7. The Bertz CT molecular complexity index is 485. The molecule has 0 aliphatic carbocycles. The van der Waals surface area contributed by atoms with Crippen molar-refractivity contribution in [2.24, 2.45) is 0 Å². The molecule has 128 valence electrons. The lowest BCUT2D eigenvalue weighted by Gasteiger charge is -2.28. The summed E-state index contributed by atoms with van der Waals surface area (Å²) in [4.78, 5) is 15.6. The third-order valence-electron chi connectivity index (χ3n) is 4.52. The van der Waals surface area contributed by atoms with E-state index in [9.17, 15) is 9.90 Å². The van der Waals surface area contributed by atoms with E-state index in [1.807, 2.05) is 12.1 Å². The van der Waals surface area contributed by atoms with E-state index in [0.717, 1.165) is 44.7 Å². The van der Waals surface area contributed by atoms with Crippen LogP contribution < -0.4 is 0 Å². The number of aliphatic hydroxyl groups excluding tert-OH is 1. The summed E-state index contributed by atoms with van der Waals surface area (Å²) in [6.07, 6.45) is 5.02. The first-order valence-corrected chi connectivity index (χ1v) is 8.53. The summed E-state index contributed by atoms with van der Waals surface area (Å²) >= 11 is 0. The first-order chi connectivity index (χ1) is 11.2. The van der Waals surface area contributed by atoms with Crippen LogP contribution in [0.5, 0.6) is 0 Å². The Morgan fingerprint density at radius 3 is 3.00 bits per heavy atom. The van der Waals surface area contributed by atoms with Gasteiger partial charge in [0.05, 0.1) is 25.0 Å². The summed E-state index contributed by atoms with van der Waals surface area (Å²) in [5.74, 6) is 1.04. The Balaban J connectivity index is 1.54. The van der Waals surface area contributed by atoms with Gasteiger partial charge in [-0.15, -0.1) is 0 Å². The van der Waals surface area contributed by atoms with Crippen molar-refractivity contribution in [1.82, 2.24) is 9.80 Å². The Labute approximate surface area is 137 Å². The second-order valence-corrected chi connectivity index (χ2v) is 6.51. The molecule has 0 saturated carbocycles. The highest BCUT2D eigenvalue weighted by Gasteiger charge is 2.25.